The van der Waals surface area contributed by atoms with Crippen molar-refractivity contribution >= 4 is 5.69 Å². The van der Waals surface area contributed by atoms with Crippen LogP contribution >= 0.6 is 0 Å². The number of rotatable bonds is 4. The molecule has 2 nitrogen and oxygen atoms in total. The summed E-state index contributed by atoms with van der Waals surface area (Å²) in [5.74, 6) is 0.860. The number of phenolic OH excluding ortho intramolecular Hbond substituents is 1. The Bertz CT molecular complexity index is 531. The molecule has 2 aromatic rings. The Morgan fingerprint density at radius 1 is 0.895 bits per heavy atom. The lowest BCUT2D eigenvalue weighted by molar-refractivity contribution is 0.474. The smallest absolute Gasteiger partial charge is 0.115 e. The number of nitrogens with one attached hydrogen (secondary N) is 1. The van der Waals surface area contributed by atoms with Gasteiger partial charge in [-0.2, -0.15) is 0 Å². The highest BCUT2D eigenvalue weighted by molar-refractivity contribution is 5.47. The van der Waals surface area contributed by atoms with E-state index in [-0.39, 0.29) is 6.04 Å². The quantitative estimate of drug-likeness (QED) is 0.830. The zero-order valence-corrected chi connectivity index (χ0v) is 11.7. The maximum absolute atomic E-state index is 9.50. The Morgan fingerprint density at radius 3 is 2.16 bits per heavy atom. The maximum Gasteiger partial charge on any atom is 0.115 e. The van der Waals surface area contributed by atoms with Crippen LogP contribution in [0.1, 0.15) is 43.9 Å². The van der Waals surface area contributed by atoms with Crippen molar-refractivity contribution < 1.29 is 5.11 Å². The molecule has 19 heavy (non-hydrogen) atoms. The molecule has 0 amide bonds. The second-order valence-corrected chi connectivity index (χ2v) is 5.24. The van der Waals surface area contributed by atoms with Gasteiger partial charge in [-0.3, -0.25) is 0 Å². The molecule has 0 spiro atoms. The van der Waals surface area contributed by atoms with Gasteiger partial charge in [0.2, 0.25) is 0 Å². The highest BCUT2D eigenvalue weighted by Crippen LogP contribution is 2.23. The minimum absolute atomic E-state index is 0.164. The van der Waals surface area contributed by atoms with Crippen LogP contribution in [-0.2, 0) is 0 Å². The minimum atomic E-state index is 0.164. The molecule has 2 rings (SSSR count). The summed E-state index contributed by atoms with van der Waals surface area (Å²) in [6.45, 7) is 6.47. The molecule has 100 valence electrons. The van der Waals surface area contributed by atoms with Crippen LogP contribution in [0.5, 0.6) is 5.75 Å². The van der Waals surface area contributed by atoms with Gasteiger partial charge in [-0.15, -0.1) is 0 Å². The van der Waals surface area contributed by atoms with Crippen molar-refractivity contribution in [3.05, 3.63) is 59.7 Å². The molecule has 0 saturated carbocycles. The summed E-state index contributed by atoms with van der Waals surface area (Å²) in [7, 11) is 0. The molecule has 0 aliphatic carbocycles. The van der Waals surface area contributed by atoms with E-state index in [1.165, 1.54) is 5.56 Å². The van der Waals surface area contributed by atoms with Crippen molar-refractivity contribution in [3.8, 4) is 5.75 Å². The Labute approximate surface area is 115 Å². The van der Waals surface area contributed by atoms with E-state index in [2.05, 4.69) is 50.4 Å². The summed E-state index contributed by atoms with van der Waals surface area (Å²) in [6, 6.07) is 16.0. The van der Waals surface area contributed by atoms with Gasteiger partial charge >= 0.3 is 0 Å². The number of phenols is 1. The van der Waals surface area contributed by atoms with E-state index in [0.29, 0.717) is 11.7 Å². The third-order valence-electron chi connectivity index (χ3n) is 3.33. The molecule has 0 bridgehead atoms. The number of benzene rings is 2. The Kier molecular flexibility index (Phi) is 4.10. The molecule has 1 atom stereocenters. The second-order valence-electron chi connectivity index (χ2n) is 5.24. The summed E-state index contributed by atoms with van der Waals surface area (Å²) >= 11 is 0. The van der Waals surface area contributed by atoms with Gasteiger partial charge in [-0.05, 0) is 48.2 Å². The van der Waals surface area contributed by atoms with Crippen molar-refractivity contribution in [3.63, 3.8) is 0 Å². The average molecular weight is 255 g/mol. The van der Waals surface area contributed by atoms with Crippen molar-refractivity contribution in [2.75, 3.05) is 5.32 Å². The third kappa shape index (κ3) is 3.50. The average Bonchev–Trinajstić information content (AvgIpc) is 2.39. The van der Waals surface area contributed by atoms with Crippen molar-refractivity contribution in [2.24, 2.45) is 0 Å². The summed E-state index contributed by atoms with van der Waals surface area (Å²) < 4.78 is 0. The molecule has 2 aromatic carbocycles. The molecule has 0 saturated heterocycles. The normalized spacial score (nSPS) is 12.4. The van der Waals surface area contributed by atoms with E-state index in [0.717, 1.165) is 11.3 Å². The van der Waals surface area contributed by atoms with Crippen LogP contribution in [0.2, 0.25) is 0 Å². The number of hydrogen-bond acceptors (Lipinski definition) is 2. The first-order valence-corrected chi connectivity index (χ1v) is 6.71. The standard InChI is InChI=1S/C17H21NO/c1-12(2)14-7-9-16(10-8-14)18-13(3)15-5-4-6-17(19)11-15/h4-13,18-19H,1-3H3. The lowest BCUT2D eigenvalue weighted by atomic mass is 10.0. The van der Waals surface area contributed by atoms with Gasteiger partial charge in [0.1, 0.15) is 5.75 Å². The maximum atomic E-state index is 9.50. The number of anilines is 1. The summed E-state index contributed by atoms with van der Waals surface area (Å²) in [4.78, 5) is 0. The molecule has 2 N–H and O–H groups in total. The Balaban J connectivity index is 2.08. The zero-order valence-electron chi connectivity index (χ0n) is 11.7. The van der Waals surface area contributed by atoms with Gasteiger partial charge < -0.3 is 10.4 Å². The molecule has 0 heterocycles. The predicted molar refractivity (Wildman–Crippen MR) is 80.7 cm³/mol. The lowest BCUT2D eigenvalue weighted by Gasteiger charge is -2.16. The third-order valence-corrected chi connectivity index (χ3v) is 3.33. The molecule has 2 heteroatoms. The van der Waals surface area contributed by atoms with Gasteiger partial charge in [0.25, 0.3) is 0 Å². The van der Waals surface area contributed by atoms with Crippen LogP contribution in [0.3, 0.4) is 0 Å². The number of hydrogen-bond donors (Lipinski definition) is 2. The summed E-state index contributed by atoms with van der Waals surface area (Å²) in [6.07, 6.45) is 0. The fourth-order valence-electron chi connectivity index (χ4n) is 2.09. The van der Waals surface area contributed by atoms with Crippen LogP contribution in [0, 0.1) is 0 Å². The first-order valence-electron chi connectivity index (χ1n) is 6.71. The fourth-order valence-corrected chi connectivity index (χ4v) is 2.09. The summed E-state index contributed by atoms with van der Waals surface area (Å²) in [5, 5.41) is 12.9. The lowest BCUT2D eigenvalue weighted by Crippen LogP contribution is -2.06. The SMILES string of the molecule is CC(C)c1ccc(NC(C)c2cccc(O)c2)cc1. The molecule has 1 unspecified atom stereocenters. The molecule has 0 aliphatic rings. The largest absolute Gasteiger partial charge is 0.508 e. The van der Waals surface area contributed by atoms with Gasteiger partial charge in [0.05, 0.1) is 0 Å². The molecule has 0 aliphatic heterocycles. The van der Waals surface area contributed by atoms with Crippen LogP contribution in [0.25, 0.3) is 0 Å². The Hall–Kier alpha value is -1.96. The zero-order chi connectivity index (χ0) is 13.8. The van der Waals surface area contributed by atoms with E-state index in [4.69, 9.17) is 0 Å². The highest BCUT2D eigenvalue weighted by Gasteiger charge is 2.06. The molecule has 0 fully saturated rings. The van der Waals surface area contributed by atoms with Gasteiger partial charge in [0, 0.05) is 11.7 Å². The predicted octanol–water partition coefficient (Wildman–Crippen LogP) is 4.69. The van der Waals surface area contributed by atoms with Gasteiger partial charge in [0.15, 0.2) is 0 Å². The van der Waals surface area contributed by atoms with Gasteiger partial charge in [-0.1, -0.05) is 38.1 Å². The van der Waals surface area contributed by atoms with E-state index < -0.39 is 0 Å². The van der Waals surface area contributed by atoms with Crippen LogP contribution < -0.4 is 5.32 Å². The number of aromatic hydroxyl groups is 1. The van der Waals surface area contributed by atoms with Crippen LogP contribution in [0.4, 0.5) is 5.69 Å². The molecule has 0 radical (unpaired) electrons. The minimum Gasteiger partial charge on any atom is -0.508 e. The topological polar surface area (TPSA) is 32.3 Å². The first-order chi connectivity index (χ1) is 9.06. The van der Waals surface area contributed by atoms with E-state index in [9.17, 15) is 5.11 Å². The fraction of sp³-hybridized carbons (Fsp3) is 0.294. The van der Waals surface area contributed by atoms with Crippen molar-refractivity contribution in [2.45, 2.75) is 32.7 Å². The van der Waals surface area contributed by atoms with Crippen LogP contribution in [-0.4, -0.2) is 5.11 Å². The van der Waals surface area contributed by atoms with E-state index >= 15 is 0 Å². The second kappa shape index (κ2) is 5.79. The first kappa shape index (κ1) is 13.5. The van der Waals surface area contributed by atoms with Gasteiger partial charge in [-0.25, -0.2) is 0 Å². The molecular formula is C17H21NO. The molecule has 0 aromatic heterocycles. The van der Waals surface area contributed by atoms with Crippen molar-refractivity contribution in [1.29, 1.82) is 0 Å². The Morgan fingerprint density at radius 2 is 1.58 bits per heavy atom. The van der Waals surface area contributed by atoms with E-state index in [1.807, 2.05) is 12.1 Å². The molecular weight excluding hydrogens is 234 g/mol. The summed E-state index contributed by atoms with van der Waals surface area (Å²) in [5.41, 5.74) is 3.52. The monoisotopic (exact) mass is 255 g/mol. The van der Waals surface area contributed by atoms with Crippen LogP contribution in [0.15, 0.2) is 48.5 Å². The highest BCUT2D eigenvalue weighted by atomic mass is 16.3. The van der Waals surface area contributed by atoms with E-state index in [1.54, 1.807) is 12.1 Å². The van der Waals surface area contributed by atoms with Crippen molar-refractivity contribution in [1.82, 2.24) is 0 Å².